The van der Waals surface area contributed by atoms with E-state index in [0.29, 0.717) is 5.41 Å². The summed E-state index contributed by atoms with van der Waals surface area (Å²) in [5, 5.41) is 3.81. The fourth-order valence-electron chi connectivity index (χ4n) is 5.26. The summed E-state index contributed by atoms with van der Waals surface area (Å²) in [7, 11) is 0. The Balaban J connectivity index is 1.60. The molecule has 0 aromatic carbocycles. The fraction of sp³-hybridized carbons (Fsp3) is 1.00. The summed E-state index contributed by atoms with van der Waals surface area (Å²) in [6, 6.07) is 2.56. The normalized spacial score (nSPS) is 36.6. The monoisotopic (exact) mass is 292 g/mol. The van der Waals surface area contributed by atoms with Crippen LogP contribution in [0.2, 0.25) is 0 Å². The first-order valence-electron chi connectivity index (χ1n) is 9.69. The van der Waals surface area contributed by atoms with Crippen molar-refractivity contribution in [3.8, 4) is 0 Å². The number of hydrogen-bond donors (Lipinski definition) is 1. The summed E-state index contributed by atoms with van der Waals surface area (Å²) in [6.07, 6.45) is 15.8. The van der Waals surface area contributed by atoms with Gasteiger partial charge in [-0.25, -0.2) is 0 Å². The quantitative estimate of drug-likeness (QED) is 0.811. The lowest BCUT2D eigenvalue weighted by Gasteiger charge is -2.52. The third-order valence-electron chi connectivity index (χ3n) is 6.43. The van der Waals surface area contributed by atoms with Crippen LogP contribution in [-0.4, -0.2) is 36.1 Å². The van der Waals surface area contributed by atoms with Crippen LogP contribution in [0.3, 0.4) is 0 Å². The first kappa shape index (κ1) is 15.8. The third-order valence-corrected chi connectivity index (χ3v) is 6.43. The second kappa shape index (κ2) is 7.00. The van der Waals surface area contributed by atoms with Crippen LogP contribution in [-0.2, 0) is 0 Å². The molecule has 2 saturated heterocycles. The molecule has 2 heterocycles. The molecule has 1 aliphatic carbocycles. The molecule has 122 valence electrons. The molecule has 0 spiro atoms. The SMILES string of the molecule is CCCNC1CC2CCCC(C1)N2CC1(C)CCCCC1. The Kier molecular flexibility index (Phi) is 5.27. The number of hydrogen-bond acceptors (Lipinski definition) is 2. The Morgan fingerprint density at radius 2 is 1.67 bits per heavy atom. The Labute approximate surface area is 132 Å². The summed E-state index contributed by atoms with van der Waals surface area (Å²) in [5.74, 6) is 0. The number of nitrogens with zero attached hydrogens (tertiary/aromatic N) is 1. The van der Waals surface area contributed by atoms with Gasteiger partial charge in [-0.3, -0.25) is 4.90 Å². The van der Waals surface area contributed by atoms with E-state index in [1.54, 1.807) is 0 Å². The highest BCUT2D eigenvalue weighted by atomic mass is 15.2. The van der Waals surface area contributed by atoms with E-state index in [1.807, 2.05) is 0 Å². The van der Waals surface area contributed by atoms with Gasteiger partial charge in [-0.15, -0.1) is 0 Å². The zero-order valence-electron chi connectivity index (χ0n) is 14.4. The van der Waals surface area contributed by atoms with Crippen LogP contribution in [0, 0.1) is 5.41 Å². The lowest BCUT2D eigenvalue weighted by molar-refractivity contribution is -0.0147. The van der Waals surface area contributed by atoms with Crippen molar-refractivity contribution in [3.05, 3.63) is 0 Å². The second-order valence-corrected chi connectivity index (χ2v) is 8.40. The van der Waals surface area contributed by atoms with Crippen molar-refractivity contribution in [1.82, 2.24) is 10.2 Å². The number of nitrogens with one attached hydrogen (secondary N) is 1. The molecule has 2 heteroatoms. The van der Waals surface area contributed by atoms with Crippen molar-refractivity contribution in [3.63, 3.8) is 0 Å². The van der Waals surface area contributed by atoms with Crippen molar-refractivity contribution in [1.29, 1.82) is 0 Å². The van der Waals surface area contributed by atoms with Gasteiger partial charge in [0.05, 0.1) is 0 Å². The molecule has 2 aliphatic heterocycles. The minimum atomic E-state index is 0.621. The fourth-order valence-corrected chi connectivity index (χ4v) is 5.26. The van der Waals surface area contributed by atoms with E-state index in [4.69, 9.17) is 0 Å². The van der Waals surface area contributed by atoms with Crippen LogP contribution >= 0.6 is 0 Å². The molecule has 0 aromatic heterocycles. The molecule has 3 rings (SSSR count). The zero-order chi connectivity index (χ0) is 14.7. The molecule has 3 fully saturated rings. The minimum absolute atomic E-state index is 0.621. The van der Waals surface area contributed by atoms with Crippen molar-refractivity contribution < 1.29 is 0 Å². The molecular formula is C19H36N2. The van der Waals surface area contributed by atoms with Gasteiger partial charge in [-0.05, 0) is 56.9 Å². The first-order chi connectivity index (χ1) is 10.2. The predicted molar refractivity (Wildman–Crippen MR) is 90.6 cm³/mol. The van der Waals surface area contributed by atoms with E-state index in [2.05, 4.69) is 24.1 Å². The topological polar surface area (TPSA) is 15.3 Å². The summed E-state index contributed by atoms with van der Waals surface area (Å²) < 4.78 is 0. The lowest BCUT2D eigenvalue weighted by atomic mass is 9.73. The third kappa shape index (κ3) is 3.82. The molecule has 0 radical (unpaired) electrons. The Hall–Kier alpha value is -0.0800. The molecule has 2 nitrogen and oxygen atoms in total. The van der Waals surface area contributed by atoms with Crippen molar-refractivity contribution >= 4 is 0 Å². The molecule has 1 N–H and O–H groups in total. The summed E-state index contributed by atoms with van der Waals surface area (Å²) in [4.78, 5) is 2.96. The van der Waals surface area contributed by atoms with Crippen LogP contribution < -0.4 is 5.32 Å². The van der Waals surface area contributed by atoms with Crippen LogP contribution in [0.25, 0.3) is 0 Å². The van der Waals surface area contributed by atoms with Gasteiger partial charge in [0.2, 0.25) is 0 Å². The van der Waals surface area contributed by atoms with E-state index < -0.39 is 0 Å². The van der Waals surface area contributed by atoms with Gasteiger partial charge in [0, 0.05) is 24.7 Å². The first-order valence-corrected chi connectivity index (χ1v) is 9.69. The van der Waals surface area contributed by atoms with Crippen molar-refractivity contribution in [2.24, 2.45) is 5.41 Å². The Bertz CT molecular complexity index is 308. The Morgan fingerprint density at radius 1 is 1.00 bits per heavy atom. The highest BCUT2D eigenvalue weighted by molar-refractivity contribution is 4.97. The van der Waals surface area contributed by atoms with Crippen LogP contribution in [0.1, 0.15) is 84.5 Å². The van der Waals surface area contributed by atoms with Gasteiger partial charge in [-0.1, -0.05) is 39.5 Å². The molecule has 1 saturated carbocycles. The summed E-state index contributed by atoms with van der Waals surface area (Å²) in [6.45, 7) is 7.46. The van der Waals surface area contributed by atoms with Crippen molar-refractivity contribution in [2.75, 3.05) is 13.1 Å². The maximum Gasteiger partial charge on any atom is 0.0113 e. The van der Waals surface area contributed by atoms with E-state index in [9.17, 15) is 0 Å². The maximum absolute atomic E-state index is 3.81. The highest BCUT2D eigenvalue weighted by Gasteiger charge is 2.41. The average Bonchev–Trinajstić information content (AvgIpc) is 2.46. The molecule has 2 atom stereocenters. The maximum atomic E-state index is 3.81. The highest BCUT2D eigenvalue weighted by Crippen LogP contribution is 2.41. The van der Waals surface area contributed by atoms with Crippen molar-refractivity contribution in [2.45, 2.75) is 103 Å². The van der Waals surface area contributed by atoms with Crippen LogP contribution in [0.4, 0.5) is 0 Å². The number of piperidine rings is 2. The van der Waals surface area contributed by atoms with E-state index >= 15 is 0 Å². The van der Waals surface area contributed by atoms with Gasteiger partial charge in [0.15, 0.2) is 0 Å². The molecule has 2 unspecified atom stereocenters. The average molecular weight is 293 g/mol. The van der Waals surface area contributed by atoms with E-state index in [-0.39, 0.29) is 0 Å². The van der Waals surface area contributed by atoms with Gasteiger partial charge >= 0.3 is 0 Å². The van der Waals surface area contributed by atoms with E-state index in [0.717, 1.165) is 18.1 Å². The largest absolute Gasteiger partial charge is 0.314 e. The smallest absolute Gasteiger partial charge is 0.0113 e. The van der Waals surface area contributed by atoms with Gasteiger partial charge in [0.1, 0.15) is 0 Å². The van der Waals surface area contributed by atoms with Gasteiger partial charge < -0.3 is 5.32 Å². The van der Waals surface area contributed by atoms with Gasteiger partial charge in [-0.2, -0.15) is 0 Å². The zero-order valence-corrected chi connectivity index (χ0v) is 14.4. The molecule has 0 aromatic rings. The number of rotatable bonds is 5. The second-order valence-electron chi connectivity index (χ2n) is 8.40. The van der Waals surface area contributed by atoms with E-state index in [1.165, 1.54) is 83.7 Å². The lowest BCUT2D eigenvalue weighted by Crippen LogP contribution is -2.58. The Morgan fingerprint density at radius 3 is 2.29 bits per heavy atom. The minimum Gasteiger partial charge on any atom is -0.314 e. The summed E-state index contributed by atoms with van der Waals surface area (Å²) in [5.41, 5.74) is 0.621. The number of fused-ring (bicyclic) bond motifs is 2. The molecule has 0 amide bonds. The predicted octanol–water partition coefficient (Wildman–Crippen LogP) is 4.34. The molecular weight excluding hydrogens is 256 g/mol. The standard InChI is InChI=1S/C19H36N2/c1-3-12-20-16-13-17-8-7-9-18(14-16)21(17)15-19(2)10-5-4-6-11-19/h16-18,20H,3-15H2,1-2H3. The molecule has 2 bridgehead atoms. The van der Waals surface area contributed by atoms with Crippen LogP contribution in [0.5, 0.6) is 0 Å². The summed E-state index contributed by atoms with van der Waals surface area (Å²) >= 11 is 0. The van der Waals surface area contributed by atoms with Gasteiger partial charge in [0.25, 0.3) is 0 Å². The molecule has 21 heavy (non-hydrogen) atoms. The molecule has 3 aliphatic rings. The van der Waals surface area contributed by atoms with Crippen LogP contribution in [0.15, 0.2) is 0 Å².